The van der Waals surface area contributed by atoms with Crippen molar-refractivity contribution in [3.8, 4) is 0 Å². The van der Waals surface area contributed by atoms with Crippen molar-refractivity contribution in [2.45, 2.75) is 5.03 Å². The zero-order valence-electron chi connectivity index (χ0n) is 8.43. The number of nitrogens with one attached hydrogen (secondary N) is 1. The van der Waals surface area contributed by atoms with Crippen LogP contribution in [0.4, 0.5) is 0 Å². The quantitative estimate of drug-likeness (QED) is 0.429. The first-order valence-electron chi connectivity index (χ1n) is 3.48. The van der Waals surface area contributed by atoms with E-state index in [1.54, 1.807) is 12.1 Å². The SMILES string of the molecule is O=S(=O)(O)c1cc2cccnc2[nH]1.[H-].[Na+]. The Kier molecular flexibility index (Phi) is 3.33. The minimum Gasteiger partial charge on any atom is -1.00 e. The number of aromatic nitrogens is 2. The second-order valence-corrected chi connectivity index (χ2v) is 3.94. The van der Waals surface area contributed by atoms with E-state index in [2.05, 4.69) is 9.97 Å². The van der Waals surface area contributed by atoms with E-state index in [0.29, 0.717) is 11.0 Å². The van der Waals surface area contributed by atoms with Crippen LogP contribution >= 0.6 is 0 Å². The van der Waals surface area contributed by atoms with E-state index in [1.807, 2.05) is 0 Å². The summed E-state index contributed by atoms with van der Waals surface area (Å²) in [4.78, 5) is 6.37. The number of rotatable bonds is 1. The molecule has 0 aliphatic heterocycles. The Bertz CT molecular complexity index is 521. The van der Waals surface area contributed by atoms with Gasteiger partial charge in [-0.25, -0.2) is 4.98 Å². The number of fused-ring (bicyclic) bond motifs is 1. The Morgan fingerprint density at radius 1 is 1.50 bits per heavy atom. The van der Waals surface area contributed by atoms with Crippen molar-refractivity contribution in [3.63, 3.8) is 0 Å². The maximum Gasteiger partial charge on any atom is 1.00 e. The molecule has 0 aliphatic carbocycles. The maximum atomic E-state index is 10.7. The van der Waals surface area contributed by atoms with Gasteiger partial charge in [0.25, 0.3) is 0 Å². The second kappa shape index (κ2) is 4.00. The first kappa shape index (κ1) is 11.7. The van der Waals surface area contributed by atoms with E-state index >= 15 is 0 Å². The molecule has 0 saturated heterocycles. The van der Waals surface area contributed by atoms with Crippen molar-refractivity contribution >= 4 is 21.2 Å². The van der Waals surface area contributed by atoms with Gasteiger partial charge in [-0.1, -0.05) is 0 Å². The second-order valence-electron chi connectivity index (χ2n) is 2.55. The van der Waals surface area contributed by atoms with E-state index in [9.17, 15) is 8.42 Å². The predicted octanol–water partition coefficient (Wildman–Crippen LogP) is -2.07. The summed E-state index contributed by atoms with van der Waals surface area (Å²) < 4.78 is 30.1. The van der Waals surface area contributed by atoms with Crippen LogP contribution in [0.25, 0.3) is 11.0 Å². The van der Waals surface area contributed by atoms with Crippen LogP contribution in [0.15, 0.2) is 29.4 Å². The minimum atomic E-state index is -4.16. The molecule has 5 nitrogen and oxygen atoms in total. The third-order valence-electron chi connectivity index (χ3n) is 1.65. The summed E-state index contributed by atoms with van der Waals surface area (Å²) >= 11 is 0. The Hall–Kier alpha value is -0.400. The predicted molar refractivity (Wildman–Crippen MR) is 47.0 cm³/mol. The third kappa shape index (κ3) is 2.15. The molecule has 7 heteroatoms. The van der Waals surface area contributed by atoms with E-state index in [0.717, 1.165) is 0 Å². The molecule has 2 aromatic rings. The molecule has 0 aromatic carbocycles. The summed E-state index contributed by atoms with van der Waals surface area (Å²) in [6, 6.07) is 4.72. The monoisotopic (exact) mass is 222 g/mol. The Morgan fingerprint density at radius 2 is 2.21 bits per heavy atom. The fourth-order valence-electron chi connectivity index (χ4n) is 1.07. The summed E-state index contributed by atoms with van der Waals surface area (Å²) in [7, 11) is -4.16. The fraction of sp³-hybridized carbons (Fsp3) is 0. The van der Waals surface area contributed by atoms with Gasteiger partial charge in [-0.15, -0.1) is 0 Å². The molecule has 2 rings (SSSR count). The zero-order chi connectivity index (χ0) is 9.47. The van der Waals surface area contributed by atoms with Crippen LogP contribution in [0.3, 0.4) is 0 Å². The molecule has 2 aromatic heterocycles. The summed E-state index contributed by atoms with van der Waals surface area (Å²) in [5.74, 6) is 0. The first-order valence-corrected chi connectivity index (χ1v) is 4.92. The van der Waals surface area contributed by atoms with E-state index in [4.69, 9.17) is 4.55 Å². The Balaban J connectivity index is 0.000000980. The van der Waals surface area contributed by atoms with E-state index in [-0.39, 0.29) is 36.0 Å². The molecule has 0 unspecified atom stereocenters. The zero-order valence-corrected chi connectivity index (χ0v) is 10.2. The van der Waals surface area contributed by atoms with Gasteiger partial charge in [0.15, 0.2) is 5.03 Å². The first-order chi connectivity index (χ1) is 6.07. The van der Waals surface area contributed by atoms with Crippen LogP contribution < -0.4 is 29.6 Å². The van der Waals surface area contributed by atoms with Gasteiger partial charge >= 0.3 is 39.7 Å². The summed E-state index contributed by atoms with van der Waals surface area (Å²) in [5, 5.41) is 0.413. The Morgan fingerprint density at radius 3 is 2.79 bits per heavy atom. The van der Waals surface area contributed by atoms with Gasteiger partial charge in [0.05, 0.1) is 0 Å². The number of aromatic amines is 1. The molecule has 0 aliphatic rings. The van der Waals surface area contributed by atoms with Crippen molar-refractivity contribution in [1.82, 2.24) is 9.97 Å². The summed E-state index contributed by atoms with van der Waals surface area (Å²) in [6.45, 7) is 0. The van der Waals surface area contributed by atoms with Crippen LogP contribution in [0, 0.1) is 0 Å². The molecule has 0 fully saturated rings. The average molecular weight is 222 g/mol. The molecule has 0 bridgehead atoms. The third-order valence-corrected chi connectivity index (χ3v) is 2.42. The number of H-pyrrole nitrogens is 1. The molecule has 2 N–H and O–H groups in total. The van der Waals surface area contributed by atoms with Crippen LogP contribution in [-0.4, -0.2) is 22.9 Å². The van der Waals surface area contributed by atoms with Crippen molar-refractivity contribution in [2.75, 3.05) is 0 Å². The van der Waals surface area contributed by atoms with Gasteiger partial charge in [0, 0.05) is 11.6 Å². The molecule has 0 radical (unpaired) electrons. The molecular weight excluding hydrogens is 215 g/mol. The maximum absolute atomic E-state index is 10.7. The molecular formula is C7H7N2NaO3S. The molecule has 0 saturated carbocycles. The van der Waals surface area contributed by atoms with Crippen LogP contribution in [0.5, 0.6) is 0 Å². The molecule has 0 atom stereocenters. The normalized spacial score (nSPS) is 11.2. The van der Waals surface area contributed by atoms with Crippen molar-refractivity contribution in [3.05, 3.63) is 24.4 Å². The fourth-order valence-corrected chi connectivity index (χ4v) is 1.57. The topological polar surface area (TPSA) is 83.1 Å². The van der Waals surface area contributed by atoms with Crippen LogP contribution in [0.2, 0.25) is 0 Å². The Labute approximate surface area is 104 Å². The van der Waals surface area contributed by atoms with Gasteiger partial charge in [-0.05, 0) is 18.2 Å². The van der Waals surface area contributed by atoms with Gasteiger partial charge in [0.2, 0.25) is 0 Å². The van der Waals surface area contributed by atoms with Crippen molar-refractivity contribution in [1.29, 1.82) is 0 Å². The molecule has 70 valence electrons. The van der Waals surface area contributed by atoms with Crippen LogP contribution in [0.1, 0.15) is 1.43 Å². The number of hydrogen-bond acceptors (Lipinski definition) is 3. The number of nitrogens with zero attached hydrogens (tertiary/aromatic N) is 1. The van der Waals surface area contributed by atoms with E-state index in [1.165, 1.54) is 12.3 Å². The number of hydrogen-bond donors (Lipinski definition) is 2. The standard InChI is InChI=1S/C7H6N2O3S.Na.H/c10-13(11,12)6-4-5-2-1-3-8-7(5)9-6;;/h1-4H,(H,8,9)(H,10,11,12);;/q;+1;-1. The smallest absolute Gasteiger partial charge is 1.00 e. The largest absolute Gasteiger partial charge is 1.00 e. The van der Waals surface area contributed by atoms with Crippen LogP contribution in [-0.2, 0) is 10.1 Å². The van der Waals surface area contributed by atoms with Crippen molar-refractivity contribution in [2.24, 2.45) is 0 Å². The molecule has 2 heterocycles. The molecule has 14 heavy (non-hydrogen) atoms. The van der Waals surface area contributed by atoms with Gasteiger partial charge in [-0.3, -0.25) is 4.55 Å². The summed E-state index contributed by atoms with van der Waals surface area (Å²) in [6.07, 6.45) is 1.53. The van der Waals surface area contributed by atoms with E-state index < -0.39 is 10.1 Å². The van der Waals surface area contributed by atoms with Crippen molar-refractivity contribution < 1.29 is 44.0 Å². The molecule has 0 amide bonds. The summed E-state index contributed by atoms with van der Waals surface area (Å²) in [5.41, 5.74) is 0.440. The van der Waals surface area contributed by atoms with Gasteiger partial charge in [0.1, 0.15) is 5.65 Å². The average Bonchev–Trinajstić information content (AvgIpc) is 2.45. The van der Waals surface area contributed by atoms with Gasteiger partial charge in [-0.2, -0.15) is 8.42 Å². The molecule has 0 spiro atoms. The minimum absolute atomic E-state index is 0. The number of pyridine rings is 1. The van der Waals surface area contributed by atoms with Gasteiger partial charge < -0.3 is 6.41 Å².